The highest BCUT2D eigenvalue weighted by Crippen LogP contribution is 2.53. The molecule has 5 rings (SSSR count). The molecule has 33 heavy (non-hydrogen) atoms. The molecule has 2 fully saturated rings. The summed E-state index contributed by atoms with van der Waals surface area (Å²) in [6, 6.07) is 3.20. The van der Waals surface area contributed by atoms with Crippen molar-refractivity contribution in [1.82, 2.24) is 0 Å². The second-order valence-corrected chi connectivity index (χ2v) is 8.96. The molecule has 1 aliphatic heterocycles. The van der Waals surface area contributed by atoms with E-state index in [1.165, 1.54) is 6.07 Å². The number of hydrogen-bond acceptors (Lipinski definition) is 9. The summed E-state index contributed by atoms with van der Waals surface area (Å²) in [6.07, 6.45) is 0.0644. The van der Waals surface area contributed by atoms with Crippen LogP contribution in [0.4, 0.5) is 5.69 Å². The molecule has 3 atom stereocenters. The summed E-state index contributed by atoms with van der Waals surface area (Å²) < 4.78 is 5.41. The van der Waals surface area contributed by atoms with Crippen LogP contribution in [0.2, 0.25) is 0 Å². The van der Waals surface area contributed by atoms with Gasteiger partial charge in [-0.1, -0.05) is 0 Å². The maximum atomic E-state index is 13.5. The molecule has 10 heteroatoms. The third-order valence-corrected chi connectivity index (χ3v) is 7.27. The van der Waals surface area contributed by atoms with Gasteiger partial charge in [0.2, 0.25) is 5.78 Å². The molecule has 1 saturated heterocycles. The van der Waals surface area contributed by atoms with Gasteiger partial charge in [-0.25, -0.2) is 0 Å². The van der Waals surface area contributed by atoms with Crippen LogP contribution < -0.4 is 10.6 Å². The number of phenolic OH excluding ortho intramolecular Hbond substituents is 1. The Morgan fingerprint density at radius 3 is 2.48 bits per heavy atom. The summed E-state index contributed by atoms with van der Waals surface area (Å²) in [5.41, 5.74) is 3.29. The molecule has 174 valence electrons. The number of hydrogen-bond donors (Lipinski definition) is 5. The highest BCUT2D eigenvalue weighted by Gasteiger charge is 2.60. The number of ketones is 2. The van der Waals surface area contributed by atoms with Crippen LogP contribution in [-0.2, 0) is 25.5 Å². The van der Waals surface area contributed by atoms with Crippen molar-refractivity contribution in [2.45, 2.75) is 24.9 Å². The Morgan fingerprint density at radius 1 is 1.12 bits per heavy atom. The summed E-state index contributed by atoms with van der Waals surface area (Å²) in [5.74, 6) is -6.26. The number of amides is 1. The number of carbonyl (C=O) groups excluding carboxylic acids is 3. The molecule has 0 spiro atoms. The lowest BCUT2D eigenvalue weighted by Gasteiger charge is -2.46. The molecule has 1 saturated carbocycles. The van der Waals surface area contributed by atoms with E-state index in [2.05, 4.69) is 4.90 Å². The number of carbonyl (C=O) groups is 3. The number of ether oxygens (including phenoxy) is 1. The van der Waals surface area contributed by atoms with Gasteiger partial charge in [0.05, 0.1) is 18.8 Å². The van der Waals surface area contributed by atoms with Crippen molar-refractivity contribution in [3.8, 4) is 5.75 Å². The molecule has 0 bridgehead atoms. The van der Waals surface area contributed by atoms with Crippen LogP contribution in [0.25, 0.3) is 5.76 Å². The molecule has 1 heterocycles. The summed E-state index contributed by atoms with van der Waals surface area (Å²) in [6.45, 7) is 2.33. The number of benzene rings is 1. The molecule has 0 aromatic heterocycles. The molecule has 0 unspecified atom stereocenters. The lowest BCUT2D eigenvalue weighted by Crippen LogP contribution is -2.58. The molecular formula is C23H24N2O8. The SMILES string of the molecule is NC(=O)C1=C(O)[C@@]2(O)C(=O)C3=C(O)c4c(O)ccc(N5CCOCC5)c4C[C@H]3C[C@H]2CC1=O. The smallest absolute Gasteiger partial charge is 0.255 e. The van der Waals surface area contributed by atoms with E-state index >= 15 is 0 Å². The standard InChI is InChI=1S/C23H24N2O8/c24-22(31)18-15(27)9-11-7-10-8-12-13(25-3-5-33-6-4-25)1-2-14(26)17(12)19(28)16(10)20(29)23(11,32)21(18)30/h1-2,10-11,26,28,30,32H,3-9H2,(H2,24,31)/t10-,11+,23+/m1/s1. The summed E-state index contributed by atoms with van der Waals surface area (Å²) in [5, 5.41) is 43.5. The molecule has 3 aliphatic carbocycles. The zero-order chi connectivity index (χ0) is 23.7. The number of fused-ring (bicyclic) bond motifs is 3. The second-order valence-electron chi connectivity index (χ2n) is 8.96. The van der Waals surface area contributed by atoms with Crippen LogP contribution >= 0.6 is 0 Å². The predicted molar refractivity (Wildman–Crippen MR) is 114 cm³/mol. The van der Waals surface area contributed by atoms with Crippen molar-refractivity contribution in [2.24, 2.45) is 17.6 Å². The molecule has 6 N–H and O–H groups in total. The summed E-state index contributed by atoms with van der Waals surface area (Å²) in [7, 11) is 0. The van der Waals surface area contributed by atoms with Crippen molar-refractivity contribution in [3.05, 3.63) is 40.2 Å². The van der Waals surface area contributed by atoms with E-state index in [1.54, 1.807) is 6.07 Å². The fourth-order valence-electron chi connectivity index (χ4n) is 5.71. The van der Waals surface area contributed by atoms with E-state index in [9.17, 15) is 34.8 Å². The third-order valence-electron chi connectivity index (χ3n) is 7.27. The third kappa shape index (κ3) is 2.90. The van der Waals surface area contributed by atoms with Gasteiger partial charge < -0.3 is 35.8 Å². The molecule has 1 aromatic carbocycles. The van der Waals surface area contributed by atoms with Gasteiger partial charge in [-0.2, -0.15) is 0 Å². The minimum Gasteiger partial charge on any atom is -0.508 e. The Kier molecular flexibility index (Phi) is 4.77. The highest BCUT2D eigenvalue weighted by molar-refractivity contribution is 6.22. The highest BCUT2D eigenvalue weighted by atomic mass is 16.5. The first-order valence-corrected chi connectivity index (χ1v) is 10.8. The predicted octanol–water partition coefficient (Wildman–Crippen LogP) is 0.260. The number of nitrogens with zero attached hydrogens (tertiary/aromatic N) is 1. The number of phenols is 1. The van der Waals surface area contributed by atoms with E-state index in [4.69, 9.17) is 10.5 Å². The minimum absolute atomic E-state index is 0.103. The fraction of sp³-hybridized carbons (Fsp3) is 0.435. The normalized spacial score (nSPS) is 29.5. The zero-order valence-corrected chi connectivity index (χ0v) is 17.7. The lowest BCUT2D eigenvalue weighted by molar-refractivity contribution is -0.147. The zero-order valence-electron chi connectivity index (χ0n) is 17.7. The van der Waals surface area contributed by atoms with E-state index in [1.807, 2.05) is 0 Å². The van der Waals surface area contributed by atoms with Gasteiger partial charge in [0.1, 0.15) is 22.8 Å². The molecule has 1 aromatic rings. The van der Waals surface area contributed by atoms with Gasteiger partial charge in [-0.3, -0.25) is 14.4 Å². The largest absolute Gasteiger partial charge is 0.508 e. The van der Waals surface area contributed by atoms with Gasteiger partial charge in [-0.05, 0) is 36.5 Å². The molecule has 4 aliphatic rings. The van der Waals surface area contributed by atoms with E-state index in [0.29, 0.717) is 31.9 Å². The Bertz CT molecular complexity index is 1160. The van der Waals surface area contributed by atoms with Crippen LogP contribution in [0.15, 0.2) is 29.0 Å². The van der Waals surface area contributed by atoms with E-state index in [-0.39, 0.29) is 36.1 Å². The van der Waals surface area contributed by atoms with Gasteiger partial charge in [0, 0.05) is 36.7 Å². The Hall–Kier alpha value is -3.37. The Balaban J connectivity index is 1.66. The van der Waals surface area contributed by atoms with Gasteiger partial charge in [0.25, 0.3) is 5.91 Å². The van der Waals surface area contributed by atoms with Crippen LogP contribution in [0.1, 0.15) is 24.0 Å². The van der Waals surface area contributed by atoms with Crippen LogP contribution in [-0.4, -0.2) is 69.8 Å². The monoisotopic (exact) mass is 456 g/mol. The fourth-order valence-corrected chi connectivity index (χ4v) is 5.71. The van der Waals surface area contributed by atoms with E-state index < -0.39 is 52.0 Å². The number of aromatic hydroxyl groups is 1. The quantitative estimate of drug-likeness (QED) is 0.392. The summed E-state index contributed by atoms with van der Waals surface area (Å²) in [4.78, 5) is 39.7. The van der Waals surface area contributed by atoms with Crippen LogP contribution in [0, 0.1) is 11.8 Å². The first kappa shape index (κ1) is 21.5. The topological polar surface area (TPSA) is 171 Å². The number of nitrogens with two attached hydrogens (primary N) is 1. The van der Waals surface area contributed by atoms with Crippen LogP contribution in [0.5, 0.6) is 5.75 Å². The maximum absolute atomic E-state index is 13.5. The average Bonchev–Trinajstić information content (AvgIpc) is 2.76. The number of rotatable bonds is 2. The van der Waals surface area contributed by atoms with Gasteiger partial charge in [-0.15, -0.1) is 0 Å². The van der Waals surface area contributed by atoms with Crippen LogP contribution in [0.3, 0.4) is 0 Å². The molecule has 0 radical (unpaired) electrons. The number of primary amides is 1. The number of anilines is 1. The number of aliphatic hydroxyl groups excluding tert-OH is 2. The van der Waals surface area contributed by atoms with Crippen molar-refractivity contribution in [2.75, 3.05) is 31.2 Å². The Morgan fingerprint density at radius 2 is 1.82 bits per heavy atom. The maximum Gasteiger partial charge on any atom is 0.255 e. The molecule has 10 nitrogen and oxygen atoms in total. The van der Waals surface area contributed by atoms with Crippen molar-refractivity contribution >= 4 is 28.9 Å². The summed E-state index contributed by atoms with van der Waals surface area (Å²) >= 11 is 0. The van der Waals surface area contributed by atoms with E-state index in [0.717, 1.165) is 5.69 Å². The number of aliphatic hydroxyl groups is 3. The molecular weight excluding hydrogens is 432 g/mol. The van der Waals surface area contributed by atoms with Gasteiger partial charge in [0.15, 0.2) is 11.4 Å². The average molecular weight is 456 g/mol. The first-order valence-electron chi connectivity index (χ1n) is 10.8. The lowest BCUT2D eigenvalue weighted by atomic mass is 9.59. The number of Topliss-reactive ketones (excluding diaryl/α,β-unsaturated/α-hetero) is 2. The number of morpholine rings is 1. The molecule has 1 amide bonds. The van der Waals surface area contributed by atoms with Crippen molar-refractivity contribution in [1.29, 1.82) is 0 Å². The van der Waals surface area contributed by atoms with Gasteiger partial charge >= 0.3 is 0 Å². The second kappa shape index (κ2) is 7.32. The Labute approximate surface area is 188 Å². The van der Waals surface area contributed by atoms with Crippen molar-refractivity contribution in [3.63, 3.8) is 0 Å². The first-order chi connectivity index (χ1) is 15.7. The minimum atomic E-state index is -2.55. The van der Waals surface area contributed by atoms with Crippen molar-refractivity contribution < 1.29 is 39.5 Å².